The highest BCUT2D eigenvalue weighted by Crippen LogP contribution is 2.47. The number of hydrogen-bond acceptors (Lipinski definition) is 6. The lowest BCUT2D eigenvalue weighted by Crippen LogP contribution is -2.55. The van der Waals surface area contributed by atoms with E-state index in [4.69, 9.17) is 16.0 Å². The second-order valence-electron chi connectivity index (χ2n) is 10.4. The van der Waals surface area contributed by atoms with E-state index in [2.05, 4.69) is 15.1 Å². The molecule has 1 saturated heterocycles. The predicted molar refractivity (Wildman–Crippen MR) is 141 cm³/mol. The normalized spacial score (nSPS) is 18.4. The first kappa shape index (κ1) is 26.7. The number of aromatic amines is 1. The maximum absolute atomic E-state index is 15.6. The molecule has 0 bridgehead atoms. The fourth-order valence-corrected chi connectivity index (χ4v) is 5.76. The molecule has 3 aromatic rings. The third-order valence-electron chi connectivity index (χ3n) is 7.24. The Kier molecular flexibility index (Phi) is 7.10. The van der Waals surface area contributed by atoms with Crippen molar-refractivity contribution in [1.29, 1.82) is 5.26 Å². The lowest BCUT2D eigenvalue weighted by Gasteiger charge is -2.50. The number of benzene rings is 2. The summed E-state index contributed by atoms with van der Waals surface area (Å²) in [5.74, 6) is -2.94. The van der Waals surface area contributed by atoms with Crippen LogP contribution in [-0.2, 0) is 4.79 Å². The van der Waals surface area contributed by atoms with Crippen LogP contribution in [0.4, 0.5) is 8.78 Å². The molecule has 2 aromatic carbocycles. The van der Waals surface area contributed by atoms with Crippen molar-refractivity contribution in [3.8, 4) is 17.5 Å². The average Bonchev–Trinajstić information content (AvgIpc) is 3.31. The van der Waals surface area contributed by atoms with Gasteiger partial charge in [0.1, 0.15) is 11.5 Å². The number of allylic oxidation sites excluding steroid dienone is 4. The van der Waals surface area contributed by atoms with Crippen molar-refractivity contribution in [2.45, 2.75) is 32.0 Å². The standard InChI is InChI=1S/C29H25ClF2N4O3/c1-29(2,32)24(23-12-22(37)11-19(13-33)25(23)31)20-14-36(15-20)26(16-6-8-21(30)9-7-16)17-4-3-5-18(10-17)27-34-35-28(38)39-27/h3-10,12,20,24,26H,11,14-15H2,1-2H3,(H,35,38)/t24-,26-/m0/s1. The lowest BCUT2D eigenvalue weighted by atomic mass is 9.70. The molecule has 2 atom stereocenters. The van der Waals surface area contributed by atoms with E-state index in [0.717, 1.165) is 17.2 Å². The average molecular weight is 551 g/mol. The van der Waals surface area contributed by atoms with E-state index in [-0.39, 0.29) is 35.4 Å². The van der Waals surface area contributed by atoms with Crippen LogP contribution in [0.5, 0.6) is 0 Å². The Morgan fingerprint density at radius 3 is 2.51 bits per heavy atom. The van der Waals surface area contributed by atoms with Crippen LogP contribution < -0.4 is 5.76 Å². The second-order valence-corrected chi connectivity index (χ2v) is 10.8. The molecule has 2 heterocycles. The van der Waals surface area contributed by atoms with Gasteiger partial charge in [0, 0.05) is 36.0 Å². The summed E-state index contributed by atoms with van der Waals surface area (Å²) in [6, 6.07) is 16.3. The first-order valence-corrected chi connectivity index (χ1v) is 12.8. The summed E-state index contributed by atoms with van der Waals surface area (Å²) in [7, 11) is 0. The van der Waals surface area contributed by atoms with Gasteiger partial charge in [-0.2, -0.15) is 5.26 Å². The van der Waals surface area contributed by atoms with Gasteiger partial charge in [-0.05, 0) is 66.8 Å². The topological polar surface area (TPSA) is 103 Å². The number of nitrogens with one attached hydrogen (secondary N) is 1. The minimum Gasteiger partial charge on any atom is -0.388 e. The predicted octanol–water partition coefficient (Wildman–Crippen LogP) is 5.72. The largest absolute Gasteiger partial charge is 0.434 e. The minimum atomic E-state index is -1.84. The molecule has 7 nitrogen and oxygen atoms in total. The van der Waals surface area contributed by atoms with Gasteiger partial charge >= 0.3 is 5.76 Å². The van der Waals surface area contributed by atoms with Gasteiger partial charge in [0.05, 0.1) is 17.7 Å². The molecule has 0 unspecified atom stereocenters. The van der Waals surface area contributed by atoms with E-state index in [1.165, 1.54) is 13.8 Å². The zero-order valence-corrected chi connectivity index (χ0v) is 22.0. The molecule has 1 aliphatic heterocycles. The van der Waals surface area contributed by atoms with Crippen LogP contribution in [0.2, 0.25) is 5.02 Å². The van der Waals surface area contributed by atoms with Gasteiger partial charge in [-0.15, -0.1) is 5.10 Å². The van der Waals surface area contributed by atoms with Gasteiger partial charge in [0.15, 0.2) is 5.78 Å². The molecule has 0 spiro atoms. The summed E-state index contributed by atoms with van der Waals surface area (Å²) in [5.41, 5.74) is 0.263. The SMILES string of the molecule is CC(C)(F)[C@H](C1=CC(=O)CC(C#N)=C1F)C1CN([C@@H](c2ccc(Cl)cc2)c2cccc(-c3n[nH]c(=O)o3)c2)C1. The van der Waals surface area contributed by atoms with E-state index < -0.39 is 29.0 Å². The van der Waals surface area contributed by atoms with Crippen molar-refractivity contribution in [2.75, 3.05) is 13.1 Å². The summed E-state index contributed by atoms with van der Waals surface area (Å²) in [6.45, 7) is 3.57. The van der Waals surface area contributed by atoms with Crippen LogP contribution in [-0.4, -0.2) is 39.6 Å². The van der Waals surface area contributed by atoms with Gasteiger partial charge in [-0.25, -0.2) is 18.7 Å². The van der Waals surface area contributed by atoms with Crippen molar-refractivity contribution >= 4 is 17.4 Å². The quantitative estimate of drug-likeness (QED) is 0.404. The maximum Gasteiger partial charge on any atom is 0.434 e. The van der Waals surface area contributed by atoms with Crippen LogP contribution in [0.25, 0.3) is 11.5 Å². The van der Waals surface area contributed by atoms with Crippen LogP contribution in [0.3, 0.4) is 0 Å². The molecule has 0 radical (unpaired) electrons. The number of halogens is 3. The van der Waals surface area contributed by atoms with Crippen molar-refractivity contribution < 1.29 is 18.0 Å². The minimum absolute atomic E-state index is 0.0430. The molecule has 0 amide bonds. The fraction of sp³-hybridized carbons (Fsp3) is 0.310. The highest BCUT2D eigenvalue weighted by molar-refractivity contribution is 6.30. The monoisotopic (exact) mass is 550 g/mol. The van der Waals surface area contributed by atoms with Crippen LogP contribution >= 0.6 is 11.6 Å². The first-order valence-electron chi connectivity index (χ1n) is 12.4. The number of carbonyl (C=O) groups is 1. The van der Waals surface area contributed by atoms with Crippen molar-refractivity contribution in [1.82, 2.24) is 15.1 Å². The molecule has 10 heteroatoms. The summed E-state index contributed by atoms with van der Waals surface area (Å²) in [5, 5.41) is 16.1. The third-order valence-corrected chi connectivity index (χ3v) is 7.50. The number of carbonyl (C=O) groups excluding carboxylic acids is 1. The molecular formula is C29H25ClF2N4O3. The Balaban J connectivity index is 1.49. The van der Waals surface area contributed by atoms with Crippen molar-refractivity contribution in [2.24, 2.45) is 11.8 Å². The van der Waals surface area contributed by atoms with Crippen LogP contribution in [0.1, 0.15) is 37.4 Å². The molecule has 1 N–H and O–H groups in total. The zero-order valence-electron chi connectivity index (χ0n) is 21.2. The molecule has 5 rings (SSSR count). The summed E-state index contributed by atoms with van der Waals surface area (Å²) < 4.78 is 35.9. The van der Waals surface area contributed by atoms with Gasteiger partial charge in [-0.3, -0.25) is 9.69 Å². The lowest BCUT2D eigenvalue weighted by molar-refractivity contribution is -0.114. The van der Waals surface area contributed by atoms with Gasteiger partial charge in [0.2, 0.25) is 5.89 Å². The molecular weight excluding hydrogens is 526 g/mol. The molecule has 0 saturated carbocycles. The van der Waals surface area contributed by atoms with Gasteiger partial charge < -0.3 is 4.42 Å². The Bertz CT molecular complexity index is 1570. The Hall–Kier alpha value is -3.87. The highest BCUT2D eigenvalue weighted by Gasteiger charge is 2.48. The Labute approximate surface area is 228 Å². The van der Waals surface area contributed by atoms with Crippen molar-refractivity contribution in [3.63, 3.8) is 0 Å². The molecule has 1 aromatic heterocycles. The number of nitrogens with zero attached hydrogens (tertiary/aromatic N) is 3. The van der Waals surface area contributed by atoms with Gasteiger partial charge in [0.25, 0.3) is 0 Å². The summed E-state index contributed by atoms with van der Waals surface area (Å²) in [4.78, 5) is 25.9. The van der Waals surface area contributed by atoms with E-state index >= 15 is 8.78 Å². The molecule has 39 heavy (non-hydrogen) atoms. The number of rotatable bonds is 7. The number of nitriles is 1. The van der Waals surface area contributed by atoms with Crippen LogP contribution in [0.15, 0.2) is 80.8 Å². The number of aromatic nitrogens is 2. The highest BCUT2D eigenvalue weighted by atomic mass is 35.5. The van der Waals surface area contributed by atoms with Crippen molar-refractivity contribution in [3.05, 3.63) is 98.3 Å². The smallest absolute Gasteiger partial charge is 0.388 e. The number of likely N-dealkylation sites (tertiary alicyclic amines) is 1. The van der Waals surface area contributed by atoms with E-state index in [1.54, 1.807) is 24.3 Å². The fourth-order valence-electron chi connectivity index (χ4n) is 5.64. The summed E-state index contributed by atoms with van der Waals surface area (Å²) in [6.07, 6.45) is 0.843. The number of ketones is 1. The second kappa shape index (κ2) is 10.4. The Morgan fingerprint density at radius 2 is 1.90 bits per heavy atom. The molecule has 200 valence electrons. The number of alkyl halides is 1. The molecule has 2 aliphatic rings. The number of H-pyrrole nitrogens is 1. The zero-order chi connectivity index (χ0) is 27.9. The van der Waals surface area contributed by atoms with E-state index in [9.17, 15) is 14.9 Å². The van der Waals surface area contributed by atoms with E-state index in [0.29, 0.717) is 23.7 Å². The molecule has 1 fully saturated rings. The number of hydrogen-bond donors (Lipinski definition) is 1. The Morgan fingerprint density at radius 1 is 1.18 bits per heavy atom. The van der Waals surface area contributed by atoms with Gasteiger partial charge in [-0.1, -0.05) is 35.9 Å². The van der Waals surface area contributed by atoms with E-state index in [1.807, 2.05) is 30.3 Å². The summed E-state index contributed by atoms with van der Waals surface area (Å²) >= 11 is 6.14. The molecule has 1 aliphatic carbocycles. The van der Waals surface area contributed by atoms with Crippen LogP contribution in [0, 0.1) is 23.2 Å². The third kappa shape index (κ3) is 5.35. The first-order chi connectivity index (χ1) is 18.5. The maximum atomic E-state index is 15.6.